The maximum Gasteiger partial charge on any atom is 0.268 e. The third-order valence-electron chi connectivity index (χ3n) is 2.11. The van der Waals surface area contributed by atoms with Crippen molar-refractivity contribution in [3.63, 3.8) is 0 Å². The highest BCUT2D eigenvalue weighted by Crippen LogP contribution is 2.38. The zero-order valence-electron chi connectivity index (χ0n) is 6.95. The second-order valence-corrected chi connectivity index (χ2v) is 3.23. The van der Waals surface area contributed by atoms with E-state index in [9.17, 15) is 4.79 Å². The van der Waals surface area contributed by atoms with Crippen LogP contribution in [0.5, 0.6) is 0 Å². The Hall–Kier alpha value is -1.32. The van der Waals surface area contributed by atoms with Gasteiger partial charge in [-0.25, -0.2) is 4.98 Å². The number of nitrogens with zero attached hydrogens (tertiary/aromatic N) is 2. The van der Waals surface area contributed by atoms with Gasteiger partial charge in [0.2, 0.25) is 0 Å². The number of carbonyl (C=O) groups excluding carboxylic acids is 1. The van der Waals surface area contributed by atoms with Gasteiger partial charge in [0, 0.05) is 19.2 Å². The molecule has 1 aliphatic rings. The van der Waals surface area contributed by atoms with Crippen LogP contribution in [-0.2, 0) is 7.05 Å². The van der Waals surface area contributed by atoms with Gasteiger partial charge < -0.3 is 10.3 Å². The Labute approximate surface area is 70.4 Å². The molecule has 1 aromatic heterocycles. The fraction of sp³-hybridized carbons (Fsp3) is 0.500. The molecule has 0 aromatic carbocycles. The van der Waals surface area contributed by atoms with Gasteiger partial charge in [-0.1, -0.05) is 0 Å². The van der Waals surface area contributed by atoms with Crippen LogP contribution >= 0.6 is 0 Å². The predicted molar refractivity (Wildman–Crippen MR) is 43.7 cm³/mol. The van der Waals surface area contributed by atoms with Gasteiger partial charge in [-0.2, -0.15) is 0 Å². The Balaban J connectivity index is 2.36. The molecule has 0 unspecified atom stereocenters. The molecular formula is C8H11N3O. The second-order valence-electron chi connectivity index (χ2n) is 3.23. The highest BCUT2D eigenvalue weighted by atomic mass is 16.1. The first-order chi connectivity index (χ1) is 5.68. The molecule has 4 heteroatoms. The van der Waals surface area contributed by atoms with Gasteiger partial charge in [0.05, 0.1) is 0 Å². The predicted octanol–water partition coefficient (Wildman–Crippen LogP) is 0.396. The molecule has 2 N–H and O–H groups in total. The van der Waals surface area contributed by atoms with E-state index >= 15 is 0 Å². The summed E-state index contributed by atoms with van der Waals surface area (Å²) in [6.45, 7) is 0. The van der Waals surface area contributed by atoms with Crippen LogP contribution in [-0.4, -0.2) is 15.5 Å². The molecule has 0 bridgehead atoms. The normalized spacial score (nSPS) is 16.4. The summed E-state index contributed by atoms with van der Waals surface area (Å²) in [6.07, 6.45) is 4.06. The Morgan fingerprint density at radius 3 is 2.83 bits per heavy atom. The molecule has 1 amide bonds. The van der Waals surface area contributed by atoms with Crippen molar-refractivity contribution < 1.29 is 4.79 Å². The quantitative estimate of drug-likeness (QED) is 0.689. The number of imidazole rings is 1. The lowest BCUT2D eigenvalue weighted by Crippen LogP contribution is -2.11. The Morgan fingerprint density at radius 1 is 1.75 bits per heavy atom. The molecule has 64 valence electrons. The van der Waals surface area contributed by atoms with Crippen LogP contribution in [0, 0.1) is 0 Å². The van der Waals surface area contributed by atoms with Crippen molar-refractivity contribution in [2.24, 2.45) is 12.8 Å². The lowest BCUT2D eigenvalue weighted by Gasteiger charge is -1.94. The largest absolute Gasteiger partial charge is 0.364 e. The molecule has 0 atom stereocenters. The first-order valence-corrected chi connectivity index (χ1v) is 4.01. The number of hydrogen-bond donors (Lipinski definition) is 1. The molecular weight excluding hydrogens is 154 g/mol. The van der Waals surface area contributed by atoms with E-state index in [1.165, 1.54) is 12.8 Å². The van der Waals surface area contributed by atoms with Gasteiger partial charge in [-0.3, -0.25) is 4.79 Å². The lowest BCUT2D eigenvalue weighted by molar-refractivity contribution is 0.0996. The number of amides is 1. The van der Waals surface area contributed by atoms with E-state index < -0.39 is 5.91 Å². The topological polar surface area (TPSA) is 60.9 Å². The average Bonchev–Trinajstić information content (AvgIpc) is 2.75. The molecule has 4 nitrogen and oxygen atoms in total. The van der Waals surface area contributed by atoms with E-state index in [1.54, 1.807) is 6.20 Å². The van der Waals surface area contributed by atoms with Crippen molar-refractivity contribution in [2.45, 2.75) is 18.8 Å². The number of nitrogens with two attached hydrogens (primary N) is 1. The molecule has 2 rings (SSSR count). The highest BCUT2D eigenvalue weighted by molar-refractivity contribution is 5.90. The number of hydrogen-bond acceptors (Lipinski definition) is 2. The minimum atomic E-state index is -0.447. The molecule has 1 aromatic rings. The van der Waals surface area contributed by atoms with E-state index in [1.807, 2.05) is 11.6 Å². The van der Waals surface area contributed by atoms with Gasteiger partial charge in [-0.15, -0.1) is 0 Å². The molecule has 0 saturated heterocycles. The molecule has 12 heavy (non-hydrogen) atoms. The number of carbonyl (C=O) groups is 1. The van der Waals surface area contributed by atoms with E-state index in [-0.39, 0.29) is 0 Å². The zero-order valence-corrected chi connectivity index (χ0v) is 6.95. The Morgan fingerprint density at radius 2 is 2.42 bits per heavy atom. The maximum atomic E-state index is 10.8. The lowest BCUT2D eigenvalue weighted by atomic mass is 10.4. The van der Waals surface area contributed by atoms with Crippen molar-refractivity contribution >= 4 is 5.91 Å². The van der Waals surface area contributed by atoms with Crippen LogP contribution in [0.2, 0.25) is 0 Å². The fourth-order valence-electron chi connectivity index (χ4n) is 1.32. The van der Waals surface area contributed by atoms with Crippen LogP contribution in [0.3, 0.4) is 0 Å². The third-order valence-corrected chi connectivity index (χ3v) is 2.11. The van der Waals surface area contributed by atoms with Gasteiger partial charge in [0.25, 0.3) is 5.91 Å². The summed E-state index contributed by atoms with van der Waals surface area (Å²) in [6, 6.07) is 0. The summed E-state index contributed by atoms with van der Waals surface area (Å²) in [4.78, 5) is 14.9. The SMILES string of the molecule is Cn1cc(C(N)=O)nc1C1CC1. The number of aryl methyl sites for hydroxylation is 1. The minimum Gasteiger partial charge on any atom is -0.364 e. The second kappa shape index (κ2) is 2.33. The van der Waals surface area contributed by atoms with E-state index in [0.717, 1.165) is 5.82 Å². The third kappa shape index (κ3) is 1.09. The molecule has 1 aliphatic carbocycles. The molecule has 0 aliphatic heterocycles. The van der Waals surface area contributed by atoms with Crippen molar-refractivity contribution in [3.8, 4) is 0 Å². The summed E-state index contributed by atoms with van der Waals surface area (Å²) < 4.78 is 1.89. The maximum absolute atomic E-state index is 10.8. The summed E-state index contributed by atoms with van der Waals surface area (Å²) in [7, 11) is 1.90. The standard InChI is InChI=1S/C8H11N3O/c1-11-4-6(7(9)12)10-8(11)5-2-3-5/h4-5H,2-3H2,1H3,(H2,9,12). The van der Waals surface area contributed by atoms with Crippen LogP contribution in [0.15, 0.2) is 6.20 Å². The van der Waals surface area contributed by atoms with E-state index in [0.29, 0.717) is 11.6 Å². The molecule has 0 radical (unpaired) electrons. The fourth-order valence-corrected chi connectivity index (χ4v) is 1.32. The summed E-state index contributed by atoms with van der Waals surface area (Å²) in [5, 5.41) is 0. The molecule has 1 heterocycles. The Kier molecular flexibility index (Phi) is 1.43. The highest BCUT2D eigenvalue weighted by Gasteiger charge is 2.28. The number of rotatable bonds is 2. The van der Waals surface area contributed by atoms with Crippen LogP contribution in [0.25, 0.3) is 0 Å². The van der Waals surface area contributed by atoms with Gasteiger partial charge >= 0.3 is 0 Å². The molecule has 1 fully saturated rings. The summed E-state index contributed by atoms with van der Waals surface area (Å²) in [5.74, 6) is 1.10. The van der Waals surface area contributed by atoms with E-state index in [2.05, 4.69) is 4.98 Å². The average molecular weight is 165 g/mol. The smallest absolute Gasteiger partial charge is 0.268 e. The molecule has 1 saturated carbocycles. The van der Waals surface area contributed by atoms with Gasteiger partial charge in [0.15, 0.2) is 0 Å². The molecule has 0 spiro atoms. The first kappa shape index (κ1) is 7.34. The van der Waals surface area contributed by atoms with Crippen molar-refractivity contribution in [1.82, 2.24) is 9.55 Å². The summed E-state index contributed by atoms with van der Waals surface area (Å²) in [5.41, 5.74) is 5.48. The van der Waals surface area contributed by atoms with Crippen molar-refractivity contribution in [1.29, 1.82) is 0 Å². The Bertz CT molecular complexity index is 325. The van der Waals surface area contributed by atoms with Gasteiger partial charge in [-0.05, 0) is 12.8 Å². The first-order valence-electron chi connectivity index (χ1n) is 4.01. The van der Waals surface area contributed by atoms with Crippen LogP contribution in [0.1, 0.15) is 35.1 Å². The van der Waals surface area contributed by atoms with Crippen molar-refractivity contribution in [3.05, 3.63) is 17.7 Å². The van der Waals surface area contributed by atoms with Crippen molar-refractivity contribution in [2.75, 3.05) is 0 Å². The summed E-state index contributed by atoms with van der Waals surface area (Å²) >= 11 is 0. The van der Waals surface area contributed by atoms with Crippen LogP contribution in [0.4, 0.5) is 0 Å². The zero-order chi connectivity index (χ0) is 8.72. The number of primary amides is 1. The minimum absolute atomic E-state index is 0.374. The number of aromatic nitrogens is 2. The van der Waals surface area contributed by atoms with Gasteiger partial charge in [0.1, 0.15) is 11.5 Å². The monoisotopic (exact) mass is 165 g/mol. The van der Waals surface area contributed by atoms with E-state index in [4.69, 9.17) is 5.73 Å². The van der Waals surface area contributed by atoms with Crippen LogP contribution < -0.4 is 5.73 Å².